The summed E-state index contributed by atoms with van der Waals surface area (Å²) in [5, 5.41) is 17.5. The summed E-state index contributed by atoms with van der Waals surface area (Å²) in [6.45, 7) is 9.93. The third-order valence-electron chi connectivity index (χ3n) is 6.39. The van der Waals surface area contributed by atoms with Crippen molar-refractivity contribution in [3.05, 3.63) is 34.0 Å². The van der Waals surface area contributed by atoms with Gasteiger partial charge in [-0.25, -0.2) is 4.99 Å². The Balaban J connectivity index is 1.67. The summed E-state index contributed by atoms with van der Waals surface area (Å²) in [7, 11) is 3.76. The molecule has 2 unspecified atom stereocenters. The van der Waals surface area contributed by atoms with Crippen LogP contribution in [0.2, 0.25) is 0 Å². The lowest BCUT2D eigenvalue weighted by Gasteiger charge is -2.59. The van der Waals surface area contributed by atoms with E-state index in [0.717, 1.165) is 37.0 Å². The standard InChI is InChI=1S/C20H32N6OS/c1-14-24-25-17(26(14)5)13-22-18(21-10-9-15-8-7-11-28-15)23-16-12-20(4,27-6)19(16,2)3/h7-8,11,16H,9-10,12-13H2,1-6H3,(H2,21,22,23). The molecule has 0 radical (unpaired) electrons. The van der Waals surface area contributed by atoms with Crippen molar-refractivity contribution in [1.29, 1.82) is 0 Å². The van der Waals surface area contributed by atoms with E-state index in [1.165, 1.54) is 4.88 Å². The Morgan fingerprint density at radius 1 is 1.39 bits per heavy atom. The highest BCUT2D eigenvalue weighted by atomic mass is 32.1. The van der Waals surface area contributed by atoms with E-state index in [1.807, 2.05) is 18.5 Å². The van der Waals surface area contributed by atoms with Crippen LogP contribution in [0, 0.1) is 12.3 Å². The maximum Gasteiger partial charge on any atom is 0.191 e. The molecule has 3 rings (SSSR count). The summed E-state index contributed by atoms with van der Waals surface area (Å²) in [5.41, 5.74) is -0.104. The highest BCUT2D eigenvalue weighted by Gasteiger charge is 2.58. The van der Waals surface area contributed by atoms with Crippen molar-refractivity contribution in [2.24, 2.45) is 17.5 Å². The second kappa shape index (κ2) is 8.21. The fourth-order valence-corrected chi connectivity index (χ4v) is 4.25. The van der Waals surface area contributed by atoms with Gasteiger partial charge in [-0.2, -0.15) is 0 Å². The van der Waals surface area contributed by atoms with Crippen LogP contribution in [0.25, 0.3) is 0 Å². The van der Waals surface area contributed by atoms with E-state index in [4.69, 9.17) is 9.73 Å². The third-order valence-corrected chi connectivity index (χ3v) is 7.33. The third kappa shape index (κ3) is 4.07. The molecule has 7 nitrogen and oxygen atoms in total. The fraction of sp³-hybridized carbons (Fsp3) is 0.650. The molecule has 0 bridgehead atoms. The molecule has 1 aliphatic carbocycles. The van der Waals surface area contributed by atoms with E-state index in [2.05, 4.69) is 59.1 Å². The van der Waals surface area contributed by atoms with Gasteiger partial charge in [0.25, 0.3) is 0 Å². The highest BCUT2D eigenvalue weighted by molar-refractivity contribution is 7.09. The molecule has 2 aromatic heterocycles. The molecule has 0 spiro atoms. The average molecular weight is 405 g/mol. The van der Waals surface area contributed by atoms with Crippen LogP contribution in [-0.2, 0) is 24.8 Å². The number of aliphatic imine (C=N–C) groups is 1. The molecule has 2 atom stereocenters. The number of methoxy groups -OCH3 is 1. The lowest BCUT2D eigenvalue weighted by atomic mass is 9.56. The largest absolute Gasteiger partial charge is 0.378 e. The number of rotatable bonds is 7. The first-order valence-electron chi connectivity index (χ1n) is 9.74. The quantitative estimate of drug-likeness (QED) is 0.548. The number of hydrogen-bond donors (Lipinski definition) is 2. The Kier molecular flexibility index (Phi) is 6.09. The molecule has 28 heavy (non-hydrogen) atoms. The number of guanidine groups is 1. The first-order valence-corrected chi connectivity index (χ1v) is 10.6. The zero-order chi connectivity index (χ0) is 20.4. The van der Waals surface area contributed by atoms with Gasteiger partial charge < -0.3 is 19.9 Å². The molecule has 1 saturated carbocycles. The molecular weight excluding hydrogens is 372 g/mol. The number of aromatic nitrogens is 3. The van der Waals surface area contributed by atoms with Gasteiger partial charge in [0.1, 0.15) is 12.4 Å². The number of nitrogens with one attached hydrogen (secondary N) is 2. The average Bonchev–Trinajstić information content (AvgIpc) is 3.29. The Labute approximate surface area is 171 Å². The summed E-state index contributed by atoms with van der Waals surface area (Å²) in [4.78, 5) is 6.15. The van der Waals surface area contributed by atoms with Gasteiger partial charge in [0.15, 0.2) is 11.8 Å². The monoisotopic (exact) mass is 404 g/mol. The SMILES string of the molecule is COC1(C)CC(NC(=NCc2nnc(C)n2C)NCCc2cccs2)C1(C)C. The highest BCUT2D eigenvalue weighted by Crippen LogP contribution is 2.51. The predicted molar refractivity (Wildman–Crippen MR) is 114 cm³/mol. The molecule has 1 aliphatic rings. The number of aryl methyl sites for hydroxylation is 1. The van der Waals surface area contributed by atoms with Crippen molar-refractivity contribution in [1.82, 2.24) is 25.4 Å². The first-order chi connectivity index (χ1) is 13.3. The van der Waals surface area contributed by atoms with Crippen molar-refractivity contribution in [2.75, 3.05) is 13.7 Å². The molecule has 0 aromatic carbocycles. The Morgan fingerprint density at radius 3 is 2.75 bits per heavy atom. The number of nitrogens with zero attached hydrogens (tertiary/aromatic N) is 4. The zero-order valence-electron chi connectivity index (χ0n) is 17.7. The van der Waals surface area contributed by atoms with E-state index in [1.54, 1.807) is 18.4 Å². The normalized spacial score (nSPS) is 24.1. The van der Waals surface area contributed by atoms with E-state index in [9.17, 15) is 0 Å². The Bertz CT molecular complexity index is 813. The van der Waals surface area contributed by atoms with Crippen LogP contribution in [0.1, 0.15) is 43.7 Å². The van der Waals surface area contributed by atoms with Gasteiger partial charge in [0.05, 0.1) is 5.60 Å². The maximum absolute atomic E-state index is 5.76. The Morgan fingerprint density at radius 2 is 2.18 bits per heavy atom. The zero-order valence-corrected chi connectivity index (χ0v) is 18.6. The van der Waals surface area contributed by atoms with Gasteiger partial charge in [-0.1, -0.05) is 19.9 Å². The molecule has 8 heteroatoms. The molecule has 2 heterocycles. The lowest BCUT2D eigenvalue weighted by Crippen LogP contribution is -2.69. The van der Waals surface area contributed by atoms with Crippen LogP contribution in [-0.4, -0.2) is 46.0 Å². The van der Waals surface area contributed by atoms with E-state index >= 15 is 0 Å². The molecule has 2 N–H and O–H groups in total. The van der Waals surface area contributed by atoms with Crippen LogP contribution < -0.4 is 10.6 Å². The number of thiophene rings is 1. The minimum Gasteiger partial charge on any atom is -0.378 e. The summed E-state index contributed by atoms with van der Waals surface area (Å²) < 4.78 is 7.73. The lowest BCUT2D eigenvalue weighted by molar-refractivity contribution is -0.176. The van der Waals surface area contributed by atoms with Gasteiger partial charge in [-0.15, -0.1) is 21.5 Å². The van der Waals surface area contributed by atoms with Crippen LogP contribution in [0.5, 0.6) is 0 Å². The summed E-state index contributed by atoms with van der Waals surface area (Å²) in [6.07, 6.45) is 1.93. The van der Waals surface area contributed by atoms with Crippen LogP contribution >= 0.6 is 11.3 Å². The van der Waals surface area contributed by atoms with Crippen molar-refractivity contribution >= 4 is 17.3 Å². The fourth-order valence-electron chi connectivity index (χ4n) is 3.54. The van der Waals surface area contributed by atoms with Gasteiger partial charge in [-0.3, -0.25) is 0 Å². The molecular formula is C20H32N6OS. The topological polar surface area (TPSA) is 76.4 Å². The minimum atomic E-state index is -0.118. The molecule has 1 fully saturated rings. The number of ether oxygens (including phenoxy) is 1. The second-order valence-corrected chi connectivity index (χ2v) is 9.23. The van der Waals surface area contributed by atoms with E-state index in [0.29, 0.717) is 12.6 Å². The Hall–Kier alpha value is -1.93. The van der Waals surface area contributed by atoms with Gasteiger partial charge in [-0.05, 0) is 38.1 Å². The van der Waals surface area contributed by atoms with Crippen LogP contribution in [0.15, 0.2) is 22.5 Å². The van der Waals surface area contributed by atoms with E-state index in [-0.39, 0.29) is 11.0 Å². The summed E-state index contributed by atoms with van der Waals surface area (Å²) in [6, 6.07) is 4.55. The number of hydrogen-bond acceptors (Lipinski definition) is 5. The van der Waals surface area contributed by atoms with Gasteiger partial charge in [0, 0.05) is 37.0 Å². The molecule has 154 valence electrons. The molecule has 0 amide bonds. The van der Waals surface area contributed by atoms with Crippen molar-refractivity contribution < 1.29 is 4.74 Å². The molecule has 2 aromatic rings. The second-order valence-electron chi connectivity index (χ2n) is 8.20. The van der Waals surface area contributed by atoms with E-state index < -0.39 is 0 Å². The summed E-state index contributed by atoms with van der Waals surface area (Å²) in [5.74, 6) is 2.56. The molecule has 0 saturated heterocycles. The van der Waals surface area contributed by atoms with Crippen LogP contribution in [0.3, 0.4) is 0 Å². The van der Waals surface area contributed by atoms with Gasteiger partial charge in [0.2, 0.25) is 0 Å². The predicted octanol–water partition coefficient (Wildman–Crippen LogP) is 2.67. The van der Waals surface area contributed by atoms with Crippen LogP contribution in [0.4, 0.5) is 0 Å². The van der Waals surface area contributed by atoms with Gasteiger partial charge >= 0.3 is 0 Å². The molecule has 0 aliphatic heterocycles. The summed E-state index contributed by atoms with van der Waals surface area (Å²) >= 11 is 1.78. The minimum absolute atomic E-state index is 0.0132. The van der Waals surface area contributed by atoms with Crippen molar-refractivity contribution in [3.8, 4) is 0 Å². The smallest absolute Gasteiger partial charge is 0.191 e. The maximum atomic E-state index is 5.76. The van der Waals surface area contributed by atoms with Crippen molar-refractivity contribution in [2.45, 2.75) is 58.7 Å². The van der Waals surface area contributed by atoms with Crippen molar-refractivity contribution in [3.63, 3.8) is 0 Å². The first kappa shape index (κ1) is 20.8.